The Labute approximate surface area is 132 Å². The van der Waals surface area contributed by atoms with Gasteiger partial charge in [0.2, 0.25) is 0 Å². The quantitative estimate of drug-likeness (QED) is 0.833. The van der Waals surface area contributed by atoms with Gasteiger partial charge in [-0.15, -0.1) is 11.3 Å². The number of rotatable bonds is 5. The second kappa shape index (κ2) is 6.28. The van der Waals surface area contributed by atoms with Gasteiger partial charge in [0.25, 0.3) is 10.0 Å². The largest absolute Gasteiger partial charge is 0.279 e. The molecule has 108 valence electrons. The van der Waals surface area contributed by atoms with Crippen LogP contribution in [0.25, 0.3) is 0 Å². The molecule has 0 unspecified atom stereocenters. The highest BCUT2D eigenvalue weighted by Gasteiger charge is 2.18. The van der Waals surface area contributed by atoms with E-state index in [2.05, 4.69) is 27.6 Å². The first-order valence-electron chi connectivity index (χ1n) is 6.30. The second-order valence-corrected chi connectivity index (χ2v) is 8.85. The number of halogens is 1. The van der Waals surface area contributed by atoms with E-state index >= 15 is 0 Å². The fraction of sp³-hybridized carbons (Fsp3) is 0.286. The van der Waals surface area contributed by atoms with Crippen LogP contribution < -0.4 is 4.72 Å². The summed E-state index contributed by atoms with van der Waals surface area (Å²) in [4.78, 5) is 0. The molecule has 6 heteroatoms. The van der Waals surface area contributed by atoms with E-state index in [1.54, 1.807) is 18.2 Å². The van der Waals surface area contributed by atoms with E-state index in [-0.39, 0.29) is 0 Å². The monoisotopic (exact) mass is 373 g/mol. The number of aryl methyl sites for hydroxylation is 2. The van der Waals surface area contributed by atoms with Crippen LogP contribution in [0.15, 0.2) is 38.3 Å². The molecule has 0 saturated carbocycles. The molecule has 1 aromatic heterocycles. The molecule has 0 radical (unpaired) electrons. The molecule has 0 spiro atoms. The molecule has 0 fully saturated rings. The summed E-state index contributed by atoms with van der Waals surface area (Å²) in [6.45, 7) is 3.99. The zero-order valence-corrected chi connectivity index (χ0v) is 14.5. The molecule has 2 rings (SSSR count). The minimum Gasteiger partial charge on any atom is -0.279 e. The Morgan fingerprint density at radius 2 is 1.90 bits per heavy atom. The van der Waals surface area contributed by atoms with E-state index in [0.717, 1.165) is 22.2 Å². The Hall–Kier alpha value is -0.850. The molecular formula is C14H16BrNO2S2. The average molecular weight is 374 g/mol. The molecular weight excluding hydrogens is 358 g/mol. The molecule has 0 bridgehead atoms. The van der Waals surface area contributed by atoms with Gasteiger partial charge in [0.15, 0.2) is 0 Å². The van der Waals surface area contributed by atoms with Crippen molar-refractivity contribution < 1.29 is 8.42 Å². The first-order valence-corrected chi connectivity index (χ1v) is 9.39. The van der Waals surface area contributed by atoms with Crippen molar-refractivity contribution in [2.24, 2.45) is 0 Å². The highest BCUT2D eigenvalue weighted by Crippen LogP contribution is 2.31. The maximum Gasteiger partial charge on any atom is 0.271 e. The van der Waals surface area contributed by atoms with Gasteiger partial charge < -0.3 is 0 Å². The smallest absolute Gasteiger partial charge is 0.271 e. The van der Waals surface area contributed by atoms with Crippen molar-refractivity contribution in [3.63, 3.8) is 0 Å². The van der Waals surface area contributed by atoms with Gasteiger partial charge in [-0.2, -0.15) is 0 Å². The Bertz CT molecular complexity index is 671. The molecule has 20 heavy (non-hydrogen) atoms. The normalized spacial score (nSPS) is 11.6. The fourth-order valence-electron chi connectivity index (χ4n) is 1.80. The predicted molar refractivity (Wildman–Crippen MR) is 88.0 cm³/mol. The van der Waals surface area contributed by atoms with Crippen LogP contribution in [0.3, 0.4) is 0 Å². The van der Waals surface area contributed by atoms with Crippen LogP contribution in [0.1, 0.15) is 24.5 Å². The van der Waals surface area contributed by atoms with E-state index in [1.165, 1.54) is 16.9 Å². The number of anilines is 1. The van der Waals surface area contributed by atoms with Crippen LogP contribution in [0.5, 0.6) is 0 Å². The third kappa shape index (κ3) is 3.62. The first kappa shape index (κ1) is 15.5. The lowest BCUT2D eigenvalue weighted by molar-refractivity contribution is 0.603. The Morgan fingerprint density at radius 1 is 1.25 bits per heavy atom. The number of hydrogen-bond acceptors (Lipinski definition) is 3. The van der Waals surface area contributed by atoms with Crippen LogP contribution in [-0.2, 0) is 16.4 Å². The van der Waals surface area contributed by atoms with E-state index in [4.69, 9.17) is 0 Å². The van der Waals surface area contributed by atoms with Crippen molar-refractivity contribution in [2.75, 3.05) is 4.72 Å². The van der Waals surface area contributed by atoms with Gasteiger partial charge in [-0.1, -0.05) is 25.5 Å². The zero-order valence-electron chi connectivity index (χ0n) is 11.3. The topological polar surface area (TPSA) is 46.2 Å². The number of benzene rings is 1. The summed E-state index contributed by atoms with van der Waals surface area (Å²) in [5, 5.41) is 0. The number of nitrogens with one attached hydrogen (secondary N) is 1. The number of thiophene rings is 1. The lowest BCUT2D eigenvalue weighted by Gasteiger charge is -2.07. The molecule has 0 amide bonds. The maximum absolute atomic E-state index is 12.3. The first-order chi connectivity index (χ1) is 9.42. The van der Waals surface area contributed by atoms with Crippen molar-refractivity contribution in [2.45, 2.75) is 30.9 Å². The molecule has 1 aromatic carbocycles. The summed E-state index contributed by atoms with van der Waals surface area (Å²) >= 11 is 4.57. The van der Waals surface area contributed by atoms with Crippen LogP contribution >= 0.6 is 27.3 Å². The third-order valence-corrected chi connectivity index (χ3v) is 6.84. The van der Waals surface area contributed by atoms with Gasteiger partial charge in [0.05, 0.1) is 3.79 Å². The van der Waals surface area contributed by atoms with E-state index in [9.17, 15) is 8.42 Å². The Balaban J connectivity index is 2.19. The Kier molecular flexibility index (Phi) is 4.88. The minimum absolute atomic E-state index is 0.319. The van der Waals surface area contributed by atoms with Gasteiger partial charge in [-0.25, -0.2) is 8.42 Å². The summed E-state index contributed by atoms with van der Waals surface area (Å²) in [7, 11) is -3.50. The molecule has 0 aliphatic carbocycles. The molecule has 3 nitrogen and oxygen atoms in total. The summed E-state index contributed by atoms with van der Waals surface area (Å²) in [6, 6.07) is 9.19. The van der Waals surface area contributed by atoms with Gasteiger partial charge in [0.1, 0.15) is 4.21 Å². The van der Waals surface area contributed by atoms with Gasteiger partial charge in [0, 0.05) is 5.69 Å². The zero-order chi connectivity index (χ0) is 14.8. The lowest BCUT2D eigenvalue weighted by Crippen LogP contribution is -2.11. The van der Waals surface area contributed by atoms with E-state index in [0.29, 0.717) is 9.90 Å². The molecule has 2 aromatic rings. The van der Waals surface area contributed by atoms with Crippen LogP contribution in [0.2, 0.25) is 0 Å². The molecule has 0 aliphatic heterocycles. The highest BCUT2D eigenvalue weighted by molar-refractivity contribution is 9.11. The van der Waals surface area contributed by atoms with Crippen molar-refractivity contribution in [3.05, 3.63) is 45.2 Å². The number of sulfonamides is 1. The van der Waals surface area contributed by atoms with Crippen molar-refractivity contribution >= 4 is 43.0 Å². The summed E-state index contributed by atoms with van der Waals surface area (Å²) in [6.07, 6.45) is 2.08. The van der Waals surface area contributed by atoms with Crippen LogP contribution in [0.4, 0.5) is 5.69 Å². The SMILES string of the molecule is CCCc1ccc(NS(=O)(=O)c2cc(C)c(Br)s2)cc1. The lowest BCUT2D eigenvalue weighted by atomic mass is 10.1. The molecule has 1 N–H and O–H groups in total. The fourth-order valence-corrected chi connectivity index (χ4v) is 5.08. The molecule has 0 atom stereocenters. The number of hydrogen-bond donors (Lipinski definition) is 1. The third-order valence-electron chi connectivity index (χ3n) is 2.84. The summed E-state index contributed by atoms with van der Waals surface area (Å²) in [5.74, 6) is 0. The Morgan fingerprint density at radius 3 is 2.40 bits per heavy atom. The predicted octanol–water partition coefficient (Wildman–Crippen LogP) is 4.57. The van der Waals surface area contributed by atoms with Gasteiger partial charge >= 0.3 is 0 Å². The maximum atomic E-state index is 12.3. The highest BCUT2D eigenvalue weighted by atomic mass is 79.9. The standard InChI is InChI=1S/C14H16BrNO2S2/c1-3-4-11-5-7-12(8-6-11)16-20(17,18)13-9-10(2)14(15)19-13/h5-9,16H,3-4H2,1-2H3. The van der Waals surface area contributed by atoms with E-state index < -0.39 is 10.0 Å². The van der Waals surface area contributed by atoms with Crippen molar-refractivity contribution in [3.8, 4) is 0 Å². The second-order valence-electron chi connectivity index (χ2n) is 4.57. The molecule has 0 saturated heterocycles. The van der Waals surface area contributed by atoms with Crippen LogP contribution in [0, 0.1) is 6.92 Å². The van der Waals surface area contributed by atoms with Gasteiger partial charge in [-0.3, -0.25) is 4.72 Å². The van der Waals surface area contributed by atoms with E-state index in [1.807, 2.05) is 19.1 Å². The minimum atomic E-state index is -3.50. The average Bonchev–Trinajstić information content (AvgIpc) is 2.73. The van der Waals surface area contributed by atoms with Crippen molar-refractivity contribution in [1.29, 1.82) is 0 Å². The van der Waals surface area contributed by atoms with Gasteiger partial charge in [-0.05, 0) is 58.6 Å². The summed E-state index contributed by atoms with van der Waals surface area (Å²) in [5.41, 5.74) is 2.73. The molecule has 0 aliphatic rings. The summed E-state index contributed by atoms with van der Waals surface area (Å²) < 4.78 is 28.3. The van der Waals surface area contributed by atoms with Crippen molar-refractivity contribution in [1.82, 2.24) is 0 Å². The van der Waals surface area contributed by atoms with Crippen LogP contribution in [-0.4, -0.2) is 8.42 Å². The molecule has 1 heterocycles.